The molecule has 0 bridgehead atoms. The Morgan fingerprint density at radius 2 is 2.29 bits per heavy atom. The van der Waals surface area contributed by atoms with Gasteiger partial charge in [0.1, 0.15) is 5.75 Å². The van der Waals surface area contributed by atoms with Crippen molar-refractivity contribution in [2.45, 2.75) is 31.4 Å². The van der Waals surface area contributed by atoms with E-state index in [1.165, 1.54) is 17.5 Å². The van der Waals surface area contributed by atoms with Gasteiger partial charge < -0.3 is 14.8 Å². The number of likely N-dealkylation sites (N-methyl/N-ethyl adjacent to an activating group) is 1. The second kappa shape index (κ2) is 4.67. The first-order valence-corrected chi connectivity index (χ1v) is 6.43. The molecular weight excluding hydrogens is 214 g/mol. The number of rotatable bonds is 3. The summed E-state index contributed by atoms with van der Waals surface area (Å²) in [4.78, 5) is 0. The van der Waals surface area contributed by atoms with E-state index < -0.39 is 0 Å². The standard InChI is InChI=1S/C14H19NO2/c1-15-14(13-3-2-7-16-13)11-4-5-12-10(9-11)6-8-17-12/h4-5,9,13-15H,2-3,6-8H2,1H3. The Balaban J connectivity index is 1.85. The third-order valence-electron chi connectivity index (χ3n) is 3.72. The molecule has 0 spiro atoms. The van der Waals surface area contributed by atoms with Gasteiger partial charge in [0.15, 0.2) is 0 Å². The van der Waals surface area contributed by atoms with Crippen molar-refractivity contribution < 1.29 is 9.47 Å². The Labute approximate surface area is 102 Å². The van der Waals surface area contributed by atoms with Crippen molar-refractivity contribution in [3.63, 3.8) is 0 Å². The molecular formula is C14H19NO2. The van der Waals surface area contributed by atoms with Gasteiger partial charge in [0, 0.05) is 13.0 Å². The summed E-state index contributed by atoms with van der Waals surface area (Å²) < 4.78 is 11.3. The predicted molar refractivity (Wildman–Crippen MR) is 66.4 cm³/mol. The van der Waals surface area contributed by atoms with Crippen LogP contribution in [0.2, 0.25) is 0 Å². The highest BCUT2D eigenvalue weighted by molar-refractivity contribution is 5.41. The van der Waals surface area contributed by atoms with E-state index in [2.05, 4.69) is 23.5 Å². The molecule has 2 atom stereocenters. The lowest BCUT2D eigenvalue weighted by molar-refractivity contribution is 0.0807. The third-order valence-corrected chi connectivity index (χ3v) is 3.72. The normalized spacial score (nSPS) is 24.4. The van der Waals surface area contributed by atoms with Crippen LogP contribution in [-0.4, -0.2) is 26.4 Å². The summed E-state index contributed by atoms with van der Waals surface area (Å²) in [5.74, 6) is 1.05. The molecule has 0 radical (unpaired) electrons. The quantitative estimate of drug-likeness (QED) is 0.867. The summed E-state index contributed by atoms with van der Waals surface area (Å²) in [6, 6.07) is 6.83. The lowest BCUT2D eigenvalue weighted by atomic mass is 9.97. The van der Waals surface area contributed by atoms with E-state index in [4.69, 9.17) is 9.47 Å². The van der Waals surface area contributed by atoms with Crippen LogP contribution in [0.25, 0.3) is 0 Å². The van der Waals surface area contributed by atoms with Gasteiger partial charge in [-0.3, -0.25) is 0 Å². The first-order valence-electron chi connectivity index (χ1n) is 6.43. The molecule has 0 aromatic heterocycles. The van der Waals surface area contributed by atoms with Crippen LogP contribution >= 0.6 is 0 Å². The molecule has 0 saturated carbocycles. The Morgan fingerprint density at radius 1 is 1.35 bits per heavy atom. The molecule has 1 aromatic rings. The minimum atomic E-state index is 0.309. The molecule has 2 heterocycles. The van der Waals surface area contributed by atoms with Crippen LogP contribution in [0, 0.1) is 0 Å². The maximum atomic E-state index is 5.79. The first-order chi connectivity index (χ1) is 8.38. The van der Waals surface area contributed by atoms with Crippen LogP contribution in [-0.2, 0) is 11.2 Å². The van der Waals surface area contributed by atoms with Crippen LogP contribution in [0.3, 0.4) is 0 Å². The summed E-state index contributed by atoms with van der Waals surface area (Å²) in [5.41, 5.74) is 2.66. The van der Waals surface area contributed by atoms with Gasteiger partial charge in [0.25, 0.3) is 0 Å². The average Bonchev–Trinajstić information content (AvgIpc) is 2.99. The molecule has 1 saturated heterocycles. The Hall–Kier alpha value is -1.06. The van der Waals surface area contributed by atoms with Gasteiger partial charge in [-0.05, 0) is 37.1 Å². The zero-order valence-electron chi connectivity index (χ0n) is 10.2. The number of hydrogen-bond donors (Lipinski definition) is 1. The van der Waals surface area contributed by atoms with Gasteiger partial charge in [0.05, 0.1) is 18.8 Å². The van der Waals surface area contributed by atoms with Gasteiger partial charge in [-0.15, -0.1) is 0 Å². The number of benzene rings is 1. The number of ether oxygens (including phenoxy) is 2. The Kier molecular flexibility index (Phi) is 3.04. The maximum absolute atomic E-state index is 5.79. The molecule has 0 aliphatic carbocycles. The van der Waals surface area contributed by atoms with Crippen LogP contribution in [0.15, 0.2) is 18.2 Å². The zero-order valence-corrected chi connectivity index (χ0v) is 10.2. The first kappa shape index (κ1) is 11.1. The fourth-order valence-electron chi connectivity index (χ4n) is 2.83. The molecule has 3 heteroatoms. The van der Waals surface area contributed by atoms with Gasteiger partial charge in [-0.1, -0.05) is 12.1 Å². The highest BCUT2D eigenvalue weighted by Gasteiger charge is 2.27. The summed E-state index contributed by atoms with van der Waals surface area (Å²) >= 11 is 0. The van der Waals surface area contributed by atoms with Gasteiger partial charge in [-0.2, -0.15) is 0 Å². The predicted octanol–water partition coefficient (Wildman–Crippen LogP) is 2.06. The average molecular weight is 233 g/mol. The Morgan fingerprint density at radius 3 is 3.06 bits per heavy atom. The SMILES string of the molecule is CNC(c1ccc2c(c1)CCO2)C1CCCO1. The molecule has 2 unspecified atom stereocenters. The van der Waals surface area contributed by atoms with Crippen molar-refractivity contribution in [1.82, 2.24) is 5.32 Å². The minimum absolute atomic E-state index is 0.309. The second-order valence-electron chi connectivity index (χ2n) is 4.78. The van der Waals surface area contributed by atoms with Crippen molar-refractivity contribution in [2.24, 2.45) is 0 Å². The highest BCUT2D eigenvalue weighted by atomic mass is 16.5. The van der Waals surface area contributed by atoms with E-state index in [1.807, 2.05) is 7.05 Å². The zero-order chi connectivity index (χ0) is 11.7. The summed E-state index contributed by atoms with van der Waals surface area (Å²) in [5, 5.41) is 3.39. The van der Waals surface area contributed by atoms with E-state index in [0.29, 0.717) is 12.1 Å². The lowest BCUT2D eigenvalue weighted by Crippen LogP contribution is -2.28. The van der Waals surface area contributed by atoms with Crippen LogP contribution < -0.4 is 10.1 Å². The van der Waals surface area contributed by atoms with Crippen LogP contribution in [0.1, 0.15) is 30.0 Å². The molecule has 3 rings (SSSR count). The van der Waals surface area contributed by atoms with E-state index in [1.54, 1.807) is 0 Å². The summed E-state index contributed by atoms with van der Waals surface area (Å²) in [7, 11) is 2.01. The van der Waals surface area contributed by atoms with Crippen molar-refractivity contribution in [2.75, 3.05) is 20.3 Å². The number of hydrogen-bond acceptors (Lipinski definition) is 3. The molecule has 92 valence electrons. The second-order valence-corrected chi connectivity index (χ2v) is 4.78. The van der Waals surface area contributed by atoms with Crippen molar-refractivity contribution in [3.8, 4) is 5.75 Å². The maximum Gasteiger partial charge on any atom is 0.122 e. The minimum Gasteiger partial charge on any atom is -0.493 e. The van der Waals surface area contributed by atoms with Crippen LogP contribution in [0.4, 0.5) is 0 Å². The molecule has 0 amide bonds. The molecule has 1 fully saturated rings. The molecule has 3 nitrogen and oxygen atoms in total. The van der Waals surface area contributed by atoms with Gasteiger partial charge in [0.2, 0.25) is 0 Å². The number of nitrogens with one attached hydrogen (secondary N) is 1. The van der Waals surface area contributed by atoms with E-state index in [9.17, 15) is 0 Å². The molecule has 17 heavy (non-hydrogen) atoms. The van der Waals surface area contributed by atoms with Gasteiger partial charge >= 0.3 is 0 Å². The van der Waals surface area contributed by atoms with E-state index in [-0.39, 0.29) is 0 Å². The fraction of sp³-hybridized carbons (Fsp3) is 0.571. The van der Waals surface area contributed by atoms with Crippen LogP contribution in [0.5, 0.6) is 5.75 Å². The van der Waals surface area contributed by atoms with Crippen molar-refractivity contribution in [1.29, 1.82) is 0 Å². The van der Waals surface area contributed by atoms with E-state index in [0.717, 1.165) is 31.8 Å². The summed E-state index contributed by atoms with van der Waals surface area (Å²) in [6.07, 6.45) is 3.68. The molecule has 1 aromatic carbocycles. The number of fused-ring (bicyclic) bond motifs is 1. The molecule has 2 aliphatic rings. The van der Waals surface area contributed by atoms with Gasteiger partial charge in [-0.25, -0.2) is 0 Å². The lowest BCUT2D eigenvalue weighted by Gasteiger charge is -2.23. The topological polar surface area (TPSA) is 30.5 Å². The van der Waals surface area contributed by atoms with Crippen molar-refractivity contribution in [3.05, 3.63) is 29.3 Å². The smallest absolute Gasteiger partial charge is 0.122 e. The molecule has 1 N–H and O–H groups in total. The largest absolute Gasteiger partial charge is 0.493 e. The van der Waals surface area contributed by atoms with Crippen molar-refractivity contribution >= 4 is 0 Å². The fourth-order valence-corrected chi connectivity index (χ4v) is 2.83. The third kappa shape index (κ3) is 2.05. The monoisotopic (exact) mass is 233 g/mol. The Bertz CT molecular complexity index is 399. The van der Waals surface area contributed by atoms with E-state index >= 15 is 0 Å². The molecule has 2 aliphatic heterocycles. The summed E-state index contributed by atoms with van der Waals surface area (Å²) in [6.45, 7) is 1.72. The highest BCUT2D eigenvalue weighted by Crippen LogP contribution is 2.32.